The second-order valence-corrected chi connectivity index (χ2v) is 5.04. The summed E-state index contributed by atoms with van der Waals surface area (Å²) < 4.78 is 0. The van der Waals surface area contributed by atoms with Gasteiger partial charge < -0.3 is 10.0 Å². The van der Waals surface area contributed by atoms with Crippen molar-refractivity contribution in [2.45, 2.75) is 39.8 Å². The summed E-state index contributed by atoms with van der Waals surface area (Å²) in [5.74, 6) is 0.125. The summed E-state index contributed by atoms with van der Waals surface area (Å²) in [7, 11) is 0. The van der Waals surface area contributed by atoms with Crippen molar-refractivity contribution in [1.29, 1.82) is 0 Å². The van der Waals surface area contributed by atoms with Crippen LogP contribution in [0.25, 0.3) is 0 Å². The minimum absolute atomic E-state index is 0. The molecule has 0 fully saturated rings. The summed E-state index contributed by atoms with van der Waals surface area (Å²) in [6.07, 6.45) is 7.51. The minimum atomic E-state index is 0. The van der Waals surface area contributed by atoms with Gasteiger partial charge in [0.1, 0.15) is 0 Å². The van der Waals surface area contributed by atoms with Crippen LogP contribution in [0, 0.1) is 0 Å². The van der Waals surface area contributed by atoms with Crippen molar-refractivity contribution < 1.29 is 22.2 Å². The fourth-order valence-electron chi connectivity index (χ4n) is 2.05. The molecule has 0 amide bonds. The summed E-state index contributed by atoms with van der Waals surface area (Å²) in [6.45, 7) is 8.17. The third kappa shape index (κ3) is 5.77. The number of hydrogen-bond acceptors (Lipinski definition) is 2. The molecule has 2 nitrogen and oxygen atoms in total. The third-order valence-corrected chi connectivity index (χ3v) is 2.81. The van der Waals surface area contributed by atoms with E-state index in [4.69, 9.17) is 0 Å². The summed E-state index contributed by atoms with van der Waals surface area (Å²) in [4.78, 5) is 1.90. The Labute approximate surface area is 133 Å². The zero-order valence-corrected chi connectivity index (χ0v) is 13.7. The van der Waals surface area contributed by atoms with Gasteiger partial charge >= 0.3 is 17.1 Å². The molecular weight excluding hydrogens is 290 g/mol. The van der Waals surface area contributed by atoms with E-state index in [0.29, 0.717) is 0 Å². The van der Waals surface area contributed by atoms with Gasteiger partial charge in [-0.3, -0.25) is 0 Å². The van der Waals surface area contributed by atoms with Gasteiger partial charge in [0.15, 0.2) is 0 Å². The van der Waals surface area contributed by atoms with Crippen LogP contribution in [0.15, 0.2) is 66.1 Å². The van der Waals surface area contributed by atoms with Gasteiger partial charge in [0.2, 0.25) is 0 Å². The molecule has 1 aliphatic carbocycles. The van der Waals surface area contributed by atoms with Gasteiger partial charge in [-0.05, 0) is 39.2 Å². The number of hydrogen-bond donors (Lipinski definition) is 0. The topological polar surface area (TPSA) is 26.3 Å². The Morgan fingerprint density at radius 1 is 1.00 bits per heavy atom. The summed E-state index contributed by atoms with van der Waals surface area (Å²) in [6, 6.07) is 10.5. The van der Waals surface area contributed by atoms with Crippen molar-refractivity contribution >= 4 is 0 Å². The molecule has 0 aromatic heterocycles. The molecule has 0 bridgehead atoms. The molecule has 0 heterocycles. The van der Waals surface area contributed by atoms with E-state index in [-0.39, 0.29) is 35.0 Å². The second-order valence-electron chi connectivity index (χ2n) is 5.04. The largest absolute Gasteiger partial charge is 2.00 e. The monoisotopic (exact) mass is 313 g/mol. The predicted octanol–water partition coefficient (Wildman–Crippen LogP) is 3.21. The van der Waals surface area contributed by atoms with Gasteiger partial charge in [-0.1, -0.05) is 24.3 Å². The first-order valence-corrected chi connectivity index (χ1v) is 6.75. The fourth-order valence-corrected chi connectivity index (χ4v) is 2.05. The molecule has 0 saturated carbocycles. The quantitative estimate of drug-likeness (QED) is 0.487. The molecule has 0 aliphatic heterocycles. The molecule has 0 unspecified atom stereocenters. The van der Waals surface area contributed by atoms with Crippen LogP contribution < -0.4 is 5.11 Å². The van der Waals surface area contributed by atoms with E-state index in [1.807, 2.05) is 87.2 Å². The maximum Gasteiger partial charge on any atom is 2.00 e. The van der Waals surface area contributed by atoms with E-state index in [2.05, 4.69) is 0 Å². The van der Waals surface area contributed by atoms with Crippen LogP contribution in [0.4, 0.5) is 0 Å². The Kier molecular flexibility index (Phi) is 8.94. The zero-order chi connectivity index (χ0) is 14.3. The standard InChI is InChI=1S/C12H19NO.C5H5.Fe/c1-9(2)13(10(3)4)12(14)11-7-5-6-8-11;1-2-4-5-3-1;/h5-10,14H,1-4H3;1-5H;/q;-1;+2/p-1. The van der Waals surface area contributed by atoms with E-state index >= 15 is 0 Å². The van der Waals surface area contributed by atoms with Crippen molar-refractivity contribution in [3.05, 3.63) is 66.1 Å². The smallest absolute Gasteiger partial charge is 0.860 e. The second kappa shape index (κ2) is 9.57. The Hall–Kier alpha value is -1.31. The van der Waals surface area contributed by atoms with Crippen LogP contribution in [-0.2, 0) is 17.1 Å². The van der Waals surface area contributed by atoms with Crippen LogP contribution in [0.1, 0.15) is 27.7 Å². The van der Waals surface area contributed by atoms with E-state index in [1.165, 1.54) is 0 Å². The molecule has 2 rings (SSSR count). The maximum absolute atomic E-state index is 12.0. The summed E-state index contributed by atoms with van der Waals surface area (Å²) in [5, 5.41) is 12.0. The van der Waals surface area contributed by atoms with Gasteiger partial charge in [0, 0.05) is 12.1 Å². The van der Waals surface area contributed by atoms with E-state index in [9.17, 15) is 5.11 Å². The first-order valence-electron chi connectivity index (χ1n) is 6.75. The third-order valence-electron chi connectivity index (χ3n) is 2.81. The molecule has 0 spiro atoms. The molecule has 0 saturated heterocycles. The summed E-state index contributed by atoms with van der Waals surface area (Å²) in [5.41, 5.74) is 0.785. The number of nitrogens with zero attached hydrogens (tertiary/aromatic N) is 1. The van der Waals surface area contributed by atoms with Gasteiger partial charge in [-0.25, -0.2) is 12.1 Å². The van der Waals surface area contributed by atoms with Crippen molar-refractivity contribution in [3.8, 4) is 0 Å². The van der Waals surface area contributed by atoms with Crippen molar-refractivity contribution in [3.63, 3.8) is 0 Å². The van der Waals surface area contributed by atoms with Crippen LogP contribution in [-0.4, -0.2) is 17.0 Å². The zero-order valence-electron chi connectivity index (χ0n) is 12.6. The van der Waals surface area contributed by atoms with Crippen molar-refractivity contribution in [2.75, 3.05) is 0 Å². The van der Waals surface area contributed by atoms with Crippen molar-refractivity contribution in [2.24, 2.45) is 0 Å². The van der Waals surface area contributed by atoms with E-state index in [0.717, 1.165) is 5.57 Å². The average molecular weight is 313 g/mol. The molecule has 110 valence electrons. The van der Waals surface area contributed by atoms with Gasteiger partial charge in [-0.15, -0.1) is 0 Å². The molecule has 1 aromatic carbocycles. The molecule has 3 heteroatoms. The number of rotatable bonds is 3. The average Bonchev–Trinajstić information content (AvgIpc) is 3.05. The number of allylic oxidation sites excluding steroid dienone is 5. The molecule has 1 aliphatic rings. The van der Waals surface area contributed by atoms with Crippen LogP contribution in [0.5, 0.6) is 0 Å². The molecular formula is C17H23FeNO. The fraction of sp³-hybridized carbons (Fsp3) is 0.353. The SMILES string of the molecule is CC(C)N(C([O-])=C1C=CC=C1)C(C)C.[Fe+2].c1cc[cH-]c1. The Morgan fingerprint density at radius 3 is 1.75 bits per heavy atom. The normalized spacial score (nSPS) is 12.2. The van der Waals surface area contributed by atoms with Crippen LogP contribution in [0.2, 0.25) is 0 Å². The summed E-state index contributed by atoms with van der Waals surface area (Å²) >= 11 is 0. The Bertz CT molecular complexity index is 402. The van der Waals surface area contributed by atoms with Crippen molar-refractivity contribution in [1.82, 2.24) is 4.90 Å². The molecule has 0 atom stereocenters. The van der Waals surface area contributed by atoms with Gasteiger partial charge in [0.25, 0.3) is 0 Å². The molecule has 0 N–H and O–H groups in total. The van der Waals surface area contributed by atoms with E-state index < -0.39 is 0 Å². The van der Waals surface area contributed by atoms with Crippen LogP contribution in [0.3, 0.4) is 0 Å². The molecule has 1 aromatic rings. The van der Waals surface area contributed by atoms with E-state index in [1.54, 1.807) is 0 Å². The predicted molar refractivity (Wildman–Crippen MR) is 79.5 cm³/mol. The first kappa shape index (κ1) is 18.7. The maximum atomic E-state index is 12.0. The van der Waals surface area contributed by atoms with Gasteiger partial charge in [0.05, 0.1) is 0 Å². The Balaban J connectivity index is 0.000000507. The Morgan fingerprint density at radius 2 is 1.45 bits per heavy atom. The minimum Gasteiger partial charge on any atom is -0.860 e. The molecule has 20 heavy (non-hydrogen) atoms. The first-order chi connectivity index (χ1) is 9.04. The van der Waals surface area contributed by atoms with Gasteiger partial charge in [-0.2, -0.15) is 18.2 Å². The van der Waals surface area contributed by atoms with Crippen LogP contribution >= 0.6 is 0 Å². The molecule has 0 radical (unpaired) electrons.